The van der Waals surface area contributed by atoms with Gasteiger partial charge >= 0.3 is 0 Å². The summed E-state index contributed by atoms with van der Waals surface area (Å²) in [4.78, 5) is 9.34. The molecule has 0 aliphatic rings. The van der Waals surface area contributed by atoms with Gasteiger partial charge in [0.05, 0.1) is 0 Å². The zero-order chi connectivity index (χ0) is 19.4. The summed E-state index contributed by atoms with van der Waals surface area (Å²) in [5, 5.41) is 0. The molecule has 0 N–H and O–H groups in total. The summed E-state index contributed by atoms with van der Waals surface area (Å²) in [6.45, 7) is 8.32. The maximum absolute atomic E-state index is 6.01. The van der Waals surface area contributed by atoms with Crippen LogP contribution in [0.2, 0.25) is 0 Å². The number of nitrogens with zero attached hydrogens (tertiary/aromatic N) is 2. The van der Waals surface area contributed by atoms with Crippen LogP contribution in [0.4, 0.5) is 0 Å². The predicted molar refractivity (Wildman–Crippen MR) is 111 cm³/mol. The van der Waals surface area contributed by atoms with Crippen LogP contribution in [0.25, 0.3) is 45.1 Å². The summed E-state index contributed by atoms with van der Waals surface area (Å²) in [5.41, 5.74) is 9.95. The fourth-order valence-electron chi connectivity index (χ4n) is 3.39. The molecule has 0 fully saturated rings. The largest absolute Gasteiger partial charge is 0.436 e. The standard InChI is InChI=1S/C24H20N2O2/c1-13-8-19-21(10-15(13)3)27-23(25-19)17-6-5-7-18(12-17)24-26-20-9-14(2)16(4)11-22(20)28-24/h5-12H,1-4H3. The molecular formula is C24H20N2O2. The molecule has 0 atom stereocenters. The van der Waals surface area contributed by atoms with Crippen LogP contribution in [0.3, 0.4) is 0 Å². The molecule has 0 aliphatic heterocycles. The van der Waals surface area contributed by atoms with Gasteiger partial charge in [-0.1, -0.05) is 6.07 Å². The van der Waals surface area contributed by atoms with Crippen LogP contribution in [0.5, 0.6) is 0 Å². The molecule has 5 aromatic rings. The number of aromatic nitrogens is 2. The summed E-state index contributed by atoms with van der Waals surface area (Å²) in [5.74, 6) is 1.20. The Labute approximate surface area is 162 Å². The average Bonchev–Trinajstić information content (AvgIpc) is 3.26. The monoisotopic (exact) mass is 368 g/mol. The van der Waals surface area contributed by atoms with Gasteiger partial charge in [0.2, 0.25) is 11.8 Å². The van der Waals surface area contributed by atoms with Crippen LogP contribution in [0, 0.1) is 27.7 Å². The molecule has 4 nitrogen and oxygen atoms in total. The fraction of sp³-hybridized carbons (Fsp3) is 0.167. The molecule has 0 saturated heterocycles. The number of oxazole rings is 2. The van der Waals surface area contributed by atoms with Crippen molar-refractivity contribution in [2.24, 2.45) is 0 Å². The van der Waals surface area contributed by atoms with E-state index >= 15 is 0 Å². The van der Waals surface area contributed by atoms with Crippen molar-refractivity contribution in [3.63, 3.8) is 0 Å². The normalized spacial score (nSPS) is 11.6. The highest BCUT2D eigenvalue weighted by Crippen LogP contribution is 2.31. The molecule has 0 aliphatic carbocycles. The molecule has 2 aromatic heterocycles. The summed E-state index contributed by atoms with van der Waals surface area (Å²) in [6.07, 6.45) is 0. The third-order valence-corrected chi connectivity index (χ3v) is 5.36. The molecule has 0 amide bonds. The summed E-state index contributed by atoms with van der Waals surface area (Å²) in [7, 11) is 0. The topological polar surface area (TPSA) is 52.1 Å². The molecule has 5 rings (SSSR count). The van der Waals surface area contributed by atoms with Crippen molar-refractivity contribution in [2.75, 3.05) is 0 Å². The van der Waals surface area contributed by atoms with Crippen molar-refractivity contribution >= 4 is 22.2 Å². The van der Waals surface area contributed by atoms with Gasteiger partial charge in [0.15, 0.2) is 11.2 Å². The molecule has 138 valence electrons. The summed E-state index contributed by atoms with van der Waals surface area (Å²) in [6, 6.07) is 16.2. The highest BCUT2D eigenvalue weighted by Gasteiger charge is 2.14. The van der Waals surface area contributed by atoms with Crippen molar-refractivity contribution < 1.29 is 8.83 Å². The molecule has 2 heterocycles. The van der Waals surface area contributed by atoms with Gasteiger partial charge in [0, 0.05) is 11.1 Å². The van der Waals surface area contributed by atoms with Gasteiger partial charge in [0.25, 0.3) is 0 Å². The van der Waals surface area contributed by atoms with E-state index in [1.807, 2.05) is 36.4 Å². The van der Waals surface area contributed by atoms with E-state index in [1.54, 1.807) is 0 Å². The smallest absolute Gasteiger partial charge is 0.227 e. The number of rotatable bonds is 2. The van der Waals surface area contributed by atoms with Crippen molar-refractivity contribution in [1.29, 1.82) is 0 Å². The molecule has 28 heavy (non-hydrogen) atoms. The van der Waals surface area contributed by atoms with Crippen molar-refractivity contribution in [1.82, 2.24) is 9.97 Å². The zero-order valence-corrected chi connectivity index (χ0v) is 16.3. The van der Waals surface area contributed by atoms with Gasteiger partial charge in [-0.05, 0) is 92.4 Å². The zero-order valence-electron chi connectivity index (χ0n) is 16.3. The Morgan fingerprint density at radius 3 is 1.46 bits per heavy atom. The Kier molecular flexibility index (Phi) is 3.63. The lowest BCUT2D eigenvalue weighted by molar-refractivity contribution is 0.617. The molecule has 0 unspecified atom stereocenters. The molecule has 4 heteroatoms. The minimum absolute atomic E-state index is 0.602. The Morgan fingerprint density at radius 2 is 1.00 bits per heavy atom. The van der Waals surface area contributed by atoms with Crippen molar-refractivity contribution in [2.45, 2.75) is 27.7 Å². The van der Waals surface area contributed by atoms with Crippen molar-refractivity contribution in [3.05, 3.63) is 70.8 Å². The number of aryl methyl sites for hydroxylation is 4. The van der Waals surface area contributed by atoms with Crippen LogP contribution in [-0.4, -0.2) is 9.97 Å². The van der Waals surface area contributed by atoms with E-state index < -0.39 is 0 Å². The van der Waals surface area contributed by atoms with Crippen LogP contribution >= 0.6 is 0 Å². The summed E-state index contributed by atoms with van der Waals surface area (Å²) >= 11 is 0. The second kappa shape index (κ2) is 6.06. The van der Waals surface area contributed by atoms with Crippen LogP contribution in [-0.2, 0) is 0 Å². The SMILES string of the molecule is Cc1cc2nc(-c3cccc(-c4nc5cc(C)c(C)cc5o4)c3)oc2cc1C. The highest BCUT2D eigenvalue weighted by atomic mass is 16.4. The second-order valence-corrected chi connectivity index (χ2v) is 7.43. The Balaban J connectivity index is 1.60. The molecule has 0 bridgehead atoms. The molecule has 0 saturated carbocycles. The van der Waals surface area contributed by atoms with Crippen LogP contribution in [0.1, 0.15) is 22.3 Å². The number of benzene rings is 3. The van der Waals surface area contributed by atoms with E-state index in [-0.39, 0.29) is 0 Å². The van der Waals surface area contributed by atoms with Crippen molar-refractivity contribution in [3.8, 4) is 22.9 Å². The van der Waals surface area contributed by atoms with E-state index in [0.29, 0.717) is 11.8 Å². The molecular weight excluding hydrogens is 348 g/mol. The maximum Gasteiger partial charge on any atom is 0.227 e. The van der Waals surface area contributed by atoms with Gasteiger partial charge in [-0.2, -0.15) is 0 Å². The Morgan fingerprint density at radius 1 is 0.571 bits per heavy atom. The third kappa shape index (κ3) is 2.69. The van der Waals surface area contributed by atoms with E-state index in [1.165, 1.54) is 22.3 Å². The lowest BCUT2D eigenvalue weighted by atomic mass is 10.1. The highest BCUT2D eigenvalue weighted by molar-refractivity contribution is 5.80. The minimum Gasteiger partial charge on any atom is -0.436 e. The van der Waals surface area contributed by atoms with Gasteiger partial charge < -0.3 is 8.83 Å². The van der Waals surface area contributed by atoms with Gasteiger partial charge in [0.1, 0.15) is 11.0 Å². The van der Waals surface area contributed by atoms with Gasteiger partial charge in [-0.3, -0.25) is 0 Å². The van der Waals surface area contributed by atoms with E-state index in [4.69, 9.17) is 8.83 Å². The number of fused-ring (bicyclic) bond motifs is 2. The van der Waals surface area contributed by atoms with Gasteiger partial charge in [-0.15, -0.1) is 0 Å². The third-order valence-electron chi connectivity index (χ3n) is 5.36. The summed E-state index contributed by atoms with van der Waals surface area (Å²) < 4.78 is 12.0. The average molecular weight is 368 g/mol. The molecule has 0 spiro atoms. The lowest BCUT2D eigenvalue weighted by Gasteiger charge is -1.98. The van der Waals surface area contributed by atoms with E-state index in [0.717, 1.165) is 33.3 Å². The first-order chi connectivity index (χ1) is 13.5. The maximum atomic E-state index is 6.01. The van der Waals surface area contributed by atoms with Crippen LogP contribution < -0.4 is 0 Å². The number of hydrogen-bond donors (Lipinski definition) is 0. The number of hydrogen-bond acceptors (Lipinski definition) is 4. The van der Waals surface area contributed by atoms with E-state index in [9.17, 15) is 0 Å². The second-order valence-electron chi connectivity index (χ2n) is 7.43. The Bertz CT molecular complexity index is 1180. The molecule has 0 radical (unpaired) electrons. The lowest BCUT2D eigenvalue weighted by Crippen LogP contribution is -1.82. The first-order valence-electron chi connectivity index (χ1n) is 9.34. The predicted octanol–water partition coefficient (Wildman–Crippen LogP) is 6.54. The van der Waals surface area contributed by atoms with Crippen LogP contribution in [0.15, 0.2) is 57.4 Å². The quantitative estimate of drug-likeness (QED) is 0.355. The Hall–Kier alpha value is -3.40. The minimum atomic E-state index is 0.602. The molecule has 3 aromatic carbocycles. The first-order valence-corrected chi connectivity index (χ1v) is 9.34. The first kappa shape index (κ1) is 16.8. The van der Waals surface area contributed by atoms with Gasteiger partial charge in [-0.25, -0.2) is 9.97 Å². The van der Waals surface area contributed by atoms with E-state index in [2.05, 4.69) is 49.8 Å². The fourth-order valence-corrected chi connectivity index (χ4v) is 3.39.